The first-order valence-electron chi connectivity index (χ1n) is 3.44. The Balaban J connectivity index is 2.13. The Labute approximate surface area is 63.1 Å². The van der Waals surface area contributed by atoms with E-state index in [0.29, 0.717) is 5.95 Å². The van der Waals surface area contributed by atoms with Gasteiger partial charge in [-0.05, 0) is 6.42 Å². The zero-order chi connectivity index (χ0) is 7.52. The van der Waals surface area contributed by atoms with Crippen LogP contribution in [0.25, 0.3) is 5.32 Å². The van der Waals surface area contributed by atoms with E-state index in [1.54, 1.807) is 0 Å². The summed E-state index contributed by atoms with van der Waals surface area (Å²) in [7, 11) is 0. The lowest BCUT2D eigenvalue weighted by Gasteiger charge is -2.04. The molecule has 0 spiro atoms. The third-order valence-corrected chi connectivity index (χ3v) is 1.42. The Kier molecular flexibility index (Phi) is 1.51. The zero-order valence-electron chi connectivity index (χ0n) is 5.86. The van der Waals surface area contributed by atoms with Gasteiger partial charge in [0.25, 0.3) is 0 Å². The van der Waals surface area contributed by atoms with Crippen LogP contribution in [0.3, 0.4) is 0 Å². The molecule has 1 saturated heterocycles. The summed E-state index contributed by atoms with van der Waals surface area (Å²) in [6.45, 7) is 0.872. The van der Waals surface area contributed by atoms with Crippen molar-refractivity contribution in [3.63, 3.8) is 0 Å². The van der Waals surface area contributed by atoms with Gasteiger partial charge in [0.05, 0.1) is 0 Å². The van der Waals surface area contributed by atoms with Gasteiger partial charge in [0, 0.05) is 0 Å². The minimum atomic E-state index is 0.366. The standard InChI is InChI=1S/C5H7N6/c1-2-4(6-3-1)7-5-8-10-11-9-5/h1-3H2,(H-,6,7,8,9,10,11)/q-1. The van der Waals surface area contributed by atoms with Gasteiger partial charge in [-0.25, -0.2) is 0 Å². The van der Waals surface area contributed by atoms with E-state index in [1.807, 2.05) is 0 Å². The SMILES string of the molecule is C1C[N-]/C(=N\c2nn[nH]n2)C1. The van der Waals surface area contributed by atoms with E-state index in [-0.39, 0.29) is 0 Å². The molecule has 0 saturated carbocycles. The Hall–Kier alpha value is -1.46. The van der Waals surface area contributed by atoms with Crippen molar-refractivity contribution in [2.24, 2.45) is 4.99 Å². The van der Waals surface area contributed by atoms with Crippen LogP contribution in [-0.2, 0) is 0 Å². The van der Waals surface area contributed by atoms with E-state index in [0.717, 1.165) is 25.2 Å². The summed E-state index contributed by atoms with van der Waals surface area (Å²) in [5.41, 5.74) is 0. The zero-order valence-corrected chi connectivity index (χ0v) is 5.86. The van der Waals surface area contributed by atoms with Crippen LogP contribution in [0.5, 0.6) is 0 Å². The molecule has 1 aliphatic heterocycles. The van der Waals surface area contributed by atoms with Crippen LogP contribution in [0, 0.1) is 0 Å². The molecule has 0 aromatic carbocycles. The average Bonchev–Trinajstić information content (AvgIpc) is 2.60. The lowest BCUT2D eigenvalue weighted by Crippen LogP contribution is -1.85. The molecule has 2 rings (SSSR count). The summed E-state index contributed by atoms with van der Waals surface area (Å²) in [5.74, 6) is 1.19. The van der Waals surface area contributed by atoms with E-state index in [9.17, 15) is 0 Å². The van der Waals surface area contributed by atoms with Gasteiger partial charge >= 0.3 is 0 Å². The largest absolute Gasteiger partial charge is 0.469 e. The monoisotopic (exact) mass is 151 g/mol. The molecule has 0 unspecified atom stereocenters. The van der Waals surface area contributed by atoms with Gasteiger partial charge in [0.15, 0.2) is 5.95 Å². The van der Waals surface area contributed by atoms with Crippen molar-refractivity contribution in [3.05, 3.63) is 5.32 Å². The quantitative estimate of drug-likeness (QED) is 0.630. The predicted octanol–water partition coefficient (Wildman–Crippen LogP) is 0.397. The number of aromatic amines is 1. The fourth-order valence-electron chi connectivity index (χ4n) is 0.935. The number of nitrogens with zero attached hydrogens (tertiary/aromatic N) is 5. The number of tetrazole rings is 1. The molecular weight excluding hydrogens is 144 g/mol. The van der Waals surface area contributed by atoms with Gasteiger partial charge in [0.2, 0.25) is 0 Å². The fourth-order valence-corrected chi connectivity index (χ4v) is 0.935. The van der Waals surface area contributed by atoms with Crippen molar-refractivity contribution >= 4 is 11.8 Å². The molecule has 1 aromatic heterocycles. The van der Waals surface area contributed by atoms with Crippen LogP contribution < -0.4 is 0 Å². The smallest absolute Gasteiger partial charge is 0.189 e. The van der Waals surface area contributed by atoms with Crippen LogP contribution in [0.4, 0.5) is 5.95 Å². The maximum Gasteiger partial charge on any atom is 0.189 e. The molecule has 6 heteroatoms. The molecule has 0 aliphatic carbocycles. The van der Waals surface area contributed by atoms with Gasteiger partial charge < -0.3 is 10.3 Å². The van der Waals surface area contributed by atoms with E-state index in [2.05, 4.69) is 30.9 Å². The molecule has 1 aliphatic rings. The predicted molar refractivity (Wildman–Crippen MR) is 38.7 cm³/mol. The van der Waals surface area contributed by atoms with E-state index >= 15 is 0 Å². The number of hydrogen-bond donors (Lipinski definition) is 1. The second-order valence-corrected chi connectivity index (χ2v) is 2.23. The van der Waals surface area contributed by atoms with Gasteiger partial charge in [-0.15, -0.1) is 10.2 Å². The minimum Gasteiger partial charge on any atom is -0.469 e. The Morgan fingerprint density at radius 1 is 1.55 bits per heavy atom. The van der Waals surface area contributed by atoms with Crippen LogP contribution >= 0.6 is 0 Å². The highest BCUT2D eigenvalue weighted by Gasteiger charge is 1.97. The van der Waals surface area contributed by atoms with E-state index < -0.39 is 0 Å². The molecule has 2 heterocycles. The van der Waals surface area contributed by atoms with Gasteiger partial charge in [-0.1, -0.05) is 24.0 Å². The van der Waals surface area contributed by atoms with Crippen LogP contribution in [0.15, 0.2) is 4.99 Å². The summed E-state index contributed by atoms with van der Waals surface area (Å²) in [6, 6.07) is 0. The third-order valence-electron chi connectivity index (χ3n) is 1.42. The molecule has 0 atom stereocenters. The highest BCUT2D eigenvalue weighted by atomic mass is 15.5. The van der Waals surface area contributed by atoms with Crippen molar-refractivity contribution in [2.45, 2.75) is 12.8 Å². The highest BCUT2D eigenvalue weighted by molar-refractivity contribution is 5.97. The summed E-state index contributed by atoms with van der Waals surface area (Å²) >= 11 is 0. The summed E-state index contributed by atoms with van der Waals surface area (Å²) in [4.78, 5) is 4.05. The first-order valence-corrected chi connectivity index (χ1v) is 3.44. The summed E-state index contributed by atoms with van der Waals surface area (Å²) < 4.78 is 0. The number of amidine groups is 1. The molecule has 1 fully saturated rings. The molecule has 6 nitrogen and oxygen atoms in total. The highest BCUT2D eigenvalue weighted by Crippen LogP contribution is 2.14. The number of aromatic nitrogens is 4. The number of H-pyrrole nitrogens is 1. The van der Waals surface area contributed by atoms with Crippen molar-refractivity contribution in [1.29, 1.82) is 0 Å². The molecule has 1 N–H and O–H groups in total. The van der Waals surface area contributed by atoms with Crippen LogP contribution in [0.2, 0.25) is 0 Å². The average molecular weight is 151 g/mol. The third kappa shape index (κ3) is 1.34. The molecule has 0 bridgehead atoms. The lowest BCUT2D eigenvalue weighted by molar-refractivity contribution is 0.881. The Bertz CT molecular complexity index is 242. The van der Waals surface area contributed by atoms with Crippen LogP contribution in [-0.4, -0.2) is 33.0 Å². The van der Waals surface area contributed by atoms with E-state index in [1.165, 1.54) is 0 Å². The number of rotatable bonds is 1. The number of hydrogen-bond acceptors (Lipinski definition) is 4. The first kappa shape index (κ1) is 6.26. The van der Waals surface area contributed by atoms with Gasteiger partial charge in [-0.2, -0.15) is 5.21 Å². The minimum absolute atomic E-state index is 0.366. The maximum absolute atomic E-state index is 4.14. The van der Waals surface area contributed by atoms with Crippen molar-refractivity contribution < 1.29 is 0 Å². The van der Waals surface area contributed by atoms with Crippen molar-refractivity contribution in [1.82, 2.24) is 20.6 Å². The number of nitrogens with one attached hydrogen (secondary N) is 1. The van der Waals surface area contributed by atoms with Crippen LogP contribution in [0.1, 0.15) is 12.8 Å². The van der Waals surface area contributed by atoms with Gasteiger partial charge in [0.1, 0.15) is 0 Å². The summed E-state index contributed by atoms with van der Waals surface area (Å²) in [6.07, 6.45) is 2.01. The molecule has 1 aromatic rings. The van der Waals surface area contributed by atoms with Crippen molar-refractivity contribution in [3.8, 4) is 0 Å². The molecule has 0 radical (unpaired) electrons. The maximum atomic E-state index is 4.14. The normalized spacial score (nSPS) is 20.5. The Morgan fingerprint density at radius 3 is 3.18 bits per heavy atom. The second-order valence-electron chi connectivity index (χ2n) is 2.23. The van der Waals surface area contributed by atoms with Gasteiger partial charge in [-0.3, -0.25) is 0 Å². The fraction of sp³-hybridized carbons (Fsp3) is 0.600. The lowest BCUT2D eigenvalue weighted by atomic mass is 10.4. The molecule has 58 valence electrons. The summed E-state index contributed by atoms with van der Waals surface area (Å²) in [5, 5.41) is 17.2. The number of aliphatic imine (C=N–C) groups is 1. The van der Waals surface area contributed by atoms with Crippen molar-refractivity contribution in [2.75, 3.05) is 6.54 Å². The second kappa shape index (κ2) is 2.65. The topological polar surface area (TPSA) is 80.9 Å². The molecular formula is C5H7N6-. The molecule has 11 heavy (non-hydrogen) atoms. The van der Waals surface area contributed by atoms with E-state index in [4.69, 9.17) is 0 Å². The molecule has 0 amide bonds. The first-order chi connectivity index (χ1) is 5.45. The Morgan fingerprint density at radius 2 is 2.55 bits per heavy atom.